The molecule has 6 rings (SSSR count). The second-order valence-corrected chi connectivity index (χ2v) is 14.0. The number of likely N-dealkylation sites (tertiary alicyclic amines) is 1. The maximum absolute atomic E-state index is 14.4. The van der Waals surface area contributed by atoms with E-state index in [0.29, 0.717) is 12.3 Å². The van der Waals surface area contributed by atoms with E-state index in [1.54, 1.807) is 18.2 Å². The quantitative estimate of drug-likeness (QED) is 0.114. The van der Waals surface area contributed by atoms with Crippen LogP contribution in [0.5, 0.6) is 0 Å². The standard InChI is InChI=1S/C36H43F3N2O5/c1-6-16-41(21-22(2)3)17-15-34-26-13-10-14-30(34)46-32-31(34)25(19-28(26)41)29(45-23(4)42)20-35(32,44-5)40-33(43)27(36(37,38)39)18-24-11-8-7-9-12-24/h6-9,11-12,18,20,22,26,28,30,32H,1,10,13-17,19,21H2,2-5H3/p+1/t26-,28+,30-,32?,34+,35?,41?/m0/s1. The number of carbonyl (C=O) groups excluding carboxylic acids is 2. The molecule has 10 heteroatoms. The van der Waals surface area contributed by atoms with Crippen LogP contribution in [0.15, 0.2) is 71.5 Å². The summed E-state index contributed by atoms with van der Waals surface area (Å²) in [6.45, 7) is 12.6. The molecule has 3 aliphatic carbocycles. The zero-order valence-corrected chi connectivity index (χ0v) is 27.0. The van der Waals surface area contributed by atoms with Gasteiger partial charge in [-0.05, 0) is 36.1 Å². The van der Waals surface area contributed by atoms with Gasteiger partial charge in [0.2, 0.25) is 0 Å². The van der Waals surface area contributed by atoms with Gasteiger partial charge in [-0.25, -0.2) is 0 Å². The number of rotatable bonds is 9. The van der Waals surface area contributed by atoms with Gasteiger partial charge in [-0.15, -0.1) is 0 Å². The van der Waals surface area contributed by atoms with Crippen molar-refractivity contribution in [2.75, 3.05) is 26.7 Å². The van der Waals surface area contributed by atoms with Gasteiger partial charge < -0.3 is 24.0 Å². The number of hydrogen-bond acceptors (Lipinski definition) is 5. The lowest BCUT2D eigenvalue weighted by molar-refractivity contribution is -0.960. The first-order chi connectivity index (χ1) is 21.8. The molecule has 1 aromatic rings. The molecule has 46 heavy (non-hydrogen) atoms. The van der Waals surface area contributed by atoms with Crippen molar-refractivity contribution in [3.05, 3.63) is 77.1 Å². The molecule has 1 spiro atoms. The Morgan fingerprint density at radius 2 is 1.96 bits per heavy atom. The molecule has 3 unspecified atom stereocenters. The Hall–Kier alpha value is -3.21. The number of ether oxygens (including phenoxy) is 3. The molecule has 2 bridgehead atoms. The number of methoxy groups -OCH3 is 1. The predicted octanol–water partition coefficient (Wildman–Crippen LogP) is 6.24. The van der Waals surface area contributed by atoms with Crippen molar-refractivity contribution < 1.29 is 41.5 Å². The third-order valence-corrected chi connectivity index (χ3v) is 11.0. The number of nitrogens with one attached hydrogen (secondary N) is 1. The van der Waals surface area contributed by atoms with Gasteiger partial charge in [0.25, 0.3) is 5.91 Å². The number of amides is 1. The summed E-state index contributed by atoms with van der Waals surface area (Å²) >= 11 is 0. The van der Waals surface area contributed by atoms with E-state index in [-0.39, 0.29) is 29.4 Å². The average Bonchev–Trinajstić information content (AvgIpc) is 3.33. The lowest BCUT2D eigenvalue weighted by Gasteiger charge is -2.63. The van der Waals surface area contributed by atoms with Crippen LogP contribution in [0.2, 0.25) is 0 Å². The number of halogens is 3. The van der Waals surface area contributed by atoms with Crippen LogP contribution in [0.1, 0.15) is 58.4 Å². The van der Waals surface area contributed by atoms with Crippen LogP contribution in [0.4, 0.5) is 13.2 Å². The Balaban J connectivity index is 1.48. The summed E-state index contributed by atoms with van der Waals surface area (Å²) in [5.74, 6) is -0.985. The molecule has 0 radical (unpaired) electrons. The van der Waals surface area contributed by atoms with Crippen LogP contribution in [0.3, 0.4) is 0 Å². The third-order valence-electron chi connectivity index (χ3n) is 11.0. The fourth-order valence-corrected chi connectivity index (χ4v) is 9.60. The van der Waals surface area contributed by atoms with Gasteiger partial charge in [-0.2, -0.15) is 13.2 Å². The number of esters is 1. The zero-order valence-electron chi connectivity index (χ0n) is 27.0. The molecule has 2 saturated heterocycles. The van der Waals surface area contributed by atoms with Crippen molar-refractivity contribution >= 4 is 18.0 Å². The van der Waals surface area contributed by atoms with Gasteiger partial charge >= 0.3 is 12.1 Å². The summed E-state index contributed by atoms with van der Waals surface area (Å²) in [4.78, 5) is 26.2. The summed E-state index contributed by atoms with van der Waals surface area (Å²) in [7, 11) is 1.34. The van der Waals surface area contributed by atoms with Crippen LogP contribution >= 0.6 is 0 Å². The van der Waals surface area contributed by atoms with Gasteiger partial charge in [0.1, 0.15) is 17.4 Å². The van der Waals surface area contributed by atoms with Crippen molar-refractivity contribution in [3.8, 4) is 0 Å². The molecule has 7 nitrogen and oxygen atoms in total. The van der Waals surface area contributed by atoms with Crippen molar-refractivity contribution in [1.82, 2.24) is 5.32 Å². The van der Waals surface area contributed by atoms with E-state index in [2.05, 4.69) is 25.7 Å². The summed E-state index contributed by atoms with van der Waals surface area (Å²) in [5, 5.41) is 2.59. The molecule has 1 amide bonds. The molecule has 2 aliphatic heterocycles. The zero-order chi connectivity index (χ0) is 33.1. The Labute approximate surface area is 268 Å². The second kappa shape index (κ2) is 11.8. The summed E-state index contributed by atoms with van der Waals surface area (Å²) < 4.78 is 62.8. The van der Waals surface area contributed by atoms with E-state index in [0.717, 1.165) is 67.0 Å². The number of alkyl halides is 3. The number of benzene rings is 1. The number of carbonyl (C=O) groups is 2. The highest BCUT2D eigenvalue weighted by molar-refractivity contribution is 5.99. The highest BCUT2D eigenvalue weighted by Gasteiger charge is 2.72. The van der Waals surface area contributed by atoms with Crippen molar-refractivity contribution in [1.29, 1.82) is 0 Å². The smallest absolute Gasteiger partial charge is 0.421 e. The summed E-state index contributed by atoms with van der Waals surface area (Å²) in [6.07, 6.45) is 2.47. The normalized spacial score (nSPS) is 35.0. The Morgan fingerprint density at radius 1 is 1.22 bits per heavy atom. The van der Waals surface area contributed by atoms with Crippen molar-refractivity contribution in [2.45, 2.75) is 83.0 Å². The molecule has 1 saturated carbocycles. The van der Waals surface area contributed by atoms with E-state index in [4.69, 9.17) is 14.2 Å². The fraction of sp³-hybridized carbons (Fsp3) is 0.556. The van der Waals surface area contributed by atoms with Crippen molar-refractivity contribution in [3.63, 3.8) is 0 Å². The number of quaternary nitrogens is 1. The minimum atomic E-state index is -4.95. The first-order valence-electron chi connectivity index (χ1n) is 16.3. The second-order valence-electron chi connectivity index (χ2n) is 14.0. The monoisotopic (exact) mass is 641 g/mol. The van der Waals surface area contributed by atoms with Crippen LogP contribution < -0.4 is 5.32 Å². The minimum Gasteiger partial charge on any atom is -0.427 e. The molecular weight excluding hydrogens is 597 g/mol. The molecule has 5 aliphatic rings. The van der Waals surface area contributed by atoms with Gasteiger partial charge in [0.05, 0.1) is 31.8 Å². The molecule has 1 aromatic carbocycles. The van der Waals surface area contributed by atoms with E-state index in [1.165, 1.54) is 32.2 Å². The number of piperidine rings is 1. The van der Waals surface area contributed by atoms with E-state index >= 15 is 0 Å². The van der Waals surface area contributed by atoms with Crippen molar-refractivity contribution in [2.24, 2.45) is 17.3 Å². The first kappa shape index (κ1) is 32.7. The SMILES string of the molecule is C=CC[N+]1(CC(C)C)CC[C@@]23C4=C5C[C@@H]1[C@@H]2CCC[C@@H]3OC4C(NC(=O)C(=Cc1ccccc1)C(F)(F)F)(OC)C=C5OC(C)=O. The van der Waals surface area contributed by atoms with Gasteiger partial charge in [0, 0.05) is 55.8 Å². The molecular formula is C36H44F3N2O5+. The average molecular weight is 642 g/mol. The Morgan fingerprint density at radius 3 is 2.59 bits per heavy atom. The number of nitrogens with zero attached hydrogens (tertiary/aromatic N) is 1. The van der Waals surface area contributed by atoms with Crippen LogP contribution in [-0.4, -0.2) is 73.3 Å². The predicted molar refractivity (Wildman–Crippen MR) is 167 cm³/mol. The molecule has 0 aromatic heterocycles. The maximum atomic E-state index is 14.4. The summed E-state index contributed by atoms with van der Waals surface area (Å²) in [5.41, 5.74) is -1.60. The maximum Gasteiger partial charge on any atom is 0.421 e. The van der Waals surface area contributed by atoms with Gasteiger partial charge in [-0.1, -0.05) is 57.2 Å². The molecule has 3 fully saturated rings. The molecule has 7 atom stereocenters. The molecule has 248 valence electrons. The lowest BCUT2D eigenvalue weighted by Crippen LogP contribution is -2.71. The molecule has 2 heterocycles. The van der Waals surface area contributed by atoms with E-state index < -0.39 is 40.9 Å². The third kappa shape index (κ3) is 5.17. The van der Waals surface area contributed by atoms with E-state index in [9.17, 15) is 22.8 Å². The number of hydrogen-bond donors (Lipinski definition) is 1. The number of allylic oxidation sites excluding steroid dienone is 1. The highest BCUT2D eigenvalue weighted by atomic mass is 19.4. The lowest BCUT2D eigenvalue weighted by atomic mass is 9.49. The highest BCUT2D eigenvalue weighted by Crippen LogP contribution is 2.68. The van der Waals surface area contributed by atoms with Gasteiger partial charge in [0.15, 0.2) is 5.72 Å². The summed E-state index contributed by atoms with van der Waals surface area (Å²) in [6, 6.07) is 8.12. The first-order valence-corrected chi connectivity index (χ1v) is 16.3. The van der Waals surface area contributed by atoms with Crippen LogP contribution in [-0.2, 0) is 23.8 Å². The van der Waals surface area contributed by atoms with E-state index in [1.807, 2.05) is 6.08 Å². The van der Waals surface area contributed by atoms with Crippen LogP contribution in [0.25, 0.3) is 6.08 Å². The Kier molecular flexibility index (Phi) is 8.39. The van der Waals surface area contributed by atoms with Crippen LogP contribution in [0, 0.1) is 17.3 Å². The molecule has 1 N–H and O–H groups in total. The topological polar surface area (TPSA) is 73.9 Å². The minimum absolute atomic E-state index is 0.201. The van der Waals surface area contributed by atoms with Gasteiger partial charge in [-0.3, -0.25) is 9.59 Å². The largest absolute Gasteiger partial charge is 0.427 e. The fourth-order valence-electron chi connectivity index (χ4n) is 9.60. The Bertz CT molecular complexity index is 1500.